The number of methoxy groups -OCH3 is 1. The van der Waals surface area contributed by atoms with Crippen molar-refractivity contribution in [2.45, 2.75) is 12.3 Å². The Morgan fingerprint density at radius 1 is 1.60 bits per heavy atom. The Balaban J connectivity index is 2.48. The Kier molecular flexibility index (Phi) is 2.46. The van der Waals surface area contributed by atoms with Crippen LogP contribution in [0.5, 0.6) is 5.75 Å². The van der Waals surface area contributed by atoms with Crippen molar-refractivity contribution in [2.24, 2.45) is 0 Å². The molecule has 0 radical (unpaired) electrons. The first-order chi connectivity index (χ1) is 7.08. The lowest BCUT2D eigenvalue weighted by Gasteiger charge is -2.18. The fraction of sp³-hybridized carbons (Fsp3) is 0.364. The lowest BCUT2D eigenvalue weighted by atomic mass is 9.85. The van der Waals surface area contributed by atoms with Gasteiger partial charge in [-0.1, -0.05) is 22.0 Å². The van der Waals surface area contributed by atoms with Gasteiger partial charge < -0.3 is 9.47 Å². The number of hydrogen-bond acceptors (Lipinski definition) is 3. The lowest BCUT2D eigenvalue weighted by Crippen LogP contribution is -2.35. The van der Waals surface area contributed by atoms with Crippen molar-refractivity contribution >= 4 is 21.9 Å². The van der Waals surface area contributed by atoms with Crippen molar-refractivity contribution < 1.29 is 14.3 Å². The molecule has 0 N–H and O–H groups in total. The third-order valence-corrected chi connectivity index (χ3v) is 3.18. The Morgan fingerprint density at radius 2 is 2.33 bits per heavy atom. The molecule has 1 aromatic carbocycles. The molecule has 1 aliphatic heterocycles. The molecule has 0 spiro atoms. The molecule has 1 heterocycles. The molecule has 0 aromatic heterocycles. The van der Waals surface area contributed by atoms with Crippen molar-refractivity contribution in [1.29, 1.82) is 0 Å². The highest BCUT2D eigenvalue weighted by Crippen LogP contribution is 2.40. The van der Waals surface area contributed by atoms with Gasteiger partial charge in [-0.15, -0.1) is 0 Å². The van der Waals surface area contributed by atoms with E-state index in [1.807, 2.05) is 25.1 Å². The van der Waals surface area contributed by atoms with Crippen molar-refractivity contribution in [3.63, 3.8) is 0 Å². The molecule has 1 aromatic rings. The zero-order valence-corrected chi connectivity index (χ0v) is 10.1. The van der Waals surface area contributed by atoms with Crippen LogP contribution < -0.4 is 4.74 Å². The second-order valence-corrected chi connectivity index (χ2v) is 4.67. The van der Waals surface area contributed by atoms with E-state index in [4.69, 9.17) is 9.47 Å². The minimum absolute atomic E-state index is 0.261. The number of rotatable bonds is 1. The number of hydrogen-bond donors (Lipinski definition) is 0. The number of esters is 1. The molecule has 1 atom stereocenters. The molecule has 0 aliphatic carbocycles. The van der Waals surface area contributed by atoms with Crippen LogP contribution in [-0.4, -0.2) is 19.7 Å². The summed E-state index contributed by atoms with van der Waals surface area (Å²) in [5.41, 5.74) is 0.211. The number of carbonyl (C=O) groups is 1. The van der Waals surface area contributed by atoms with Gasteiger partial charge in [0.2, 0.25) is 0 Å². The van der Waals surface area contributed by atoms with Crippen LogP contribution in [0.1, 0.15) is 12.5 Å². The second-order valence-electron chi connectivity index (χ2n) is 3.75. The third kappa shape index (κ3) is 1.53. The van der Waals surface area contributed by atoms with Crippen LogP contribution in [0, 0.1) is 0 Å². The van der Waals surface area contributed by atoms with Crippen molar-refractivity contribution in [3.8, 4) is 5.75 Å². The van der Waals surface area contributed by atoms with Crippen molar-refractivity contribution in [1.82, 2.24) is 0 Å². The summed E-state index contributed by atoms with van der Waals surface area (Å²) in [4.78, 5) is 11.7. The summed E-state index contributed by atoms with van der Waals surface area (Å²) in [5.74, 6) is 0.487. The molecule has 1 unspecified atom stereocenters. The third-order valence-electron chi connectivity index (χ3n) is 2.69. The first-order valence-electron chi connectivity index (χ1n) is 4.59. The molecule has 2 rings (SSSR count). The molecule has 15 heavy (non-hydrogen) atoms. The van der Waals surface area contributed by atoms with E-state index >= 15 is 0 Å². The minimum atomic E-state index is -0.676. The topological polar surface area (TPSA) is 35.5 Å². The van der Waals surface area contributed by atoms with E-state index in [-0.39, 0.29) is 5.97 Å². The van der Waals surface area contributed by atoms with Crippen LogP contribution in [0.2, 0.25) is 0 Å². The van der Waals surface area contributed by atoms with Gasteiger partial charge >= 0.3 is 5.97 Å². The van der Waals surface area contributed by atoms with Crippen LogP contribution in [0.25, 0.3) is 0 Å². The Bertz CT molecular complexity index is 416. The number of halogens is 1. The summed E-state index contributed by atoms with van der Waals surface area (Å²) >= 11 is 3.36. The summed E-state index contributed by atoms with van der Waals surface area (Å²) in [6.07, 6.45) is 0. The number of fused-ring (bicyclic) bond motifs is 1. The highest BCUT2D eigenvalue weighted by molar-refractivity contribution is 9.10. The smallest absolute Gasteiger partial charge is 0.319 e. The molecular weight excluding hydrogens is 260 g/mol. The Hall–Kier alpha value is -1.03. The van der Waals surface area contributed by atoms with Crippen LogP contribution in [0.4, 0.5) is 0 Å². The van der Waals surface area contributed by atoms with E-state index in [1.54, 1.807) is 0 Å². The van der Waals surface area contributed by atoms with E-state index < -0.39 is 5.41 Å². The van der Waals surface area contributed by atoms with E-state index in [9.17, 15) is 4.79 Å². The zero-order chi connectivity index (χ0) is 11.1. The minimum Gasteiger partial charge on any atom is -0.492 e. The summed E-state index contributed by atoms with van der Waals surface area (Å²) in [6, 6.07) is 5.65. The van der Waals surface area contributed by atoms with Gasteiger partial charge in [-0.3, -0.25) is 4.79 Å². The summed E-state index contributed by atoms with van der Waals surface area (Å²) in [6.45, 7) is 2.17. The normalized spacial score (nSPS) is 23.1. The van der Waals surface area contributed by atoms with Gasteiger partial charge in [-0.25, -0.2) is 0 Å². The standard InChI is InChI=1S/C11H11BrO3/c1-11(10(13)14-2)6-15-9-5-7(12)3-4-8(9)11/h3-5H,6H2,1-2H3. The molecule has 4 heteroatoms. The SMILES string of the molecule is COC(=O)C1(C)COc2cc(Br)ccc21. The maximum atomic E-state index is 11.7. The lowest BCUT2D eigenvalue weighted by molar-refractivity contribution is -0.147. The van der Waals surface area contributed by atoms with E-state index in [2.05, 4.69) is 15.9 Å². The average Bonchev–Trinajstić information content (AvgIpc) is 2.56. The number of carbonyl (C=O) groups excluding carboxylic acids is 1. The molecule has 0 saturated carbocycles. The molecule has 1 aliphatic rings. The number of benzene rings is 1. The van der Waals surface area contributed by atoms with Crippen molar-refractivity contribution in [2.75, 3.05) is 13.7 Å². The van der Waals surface area contributed by atoms with Crippen LogP contribution in [0.15, 0.2) is 22.7 Å². The molecule has 3 nitrogen and oxygen atoms in total. The summed E-state index contributed by atoms with van der Waals surface area (Å²) < 4.78 is 11.2. The van der Waals surface area contributed by atoms with Gasteiger partial charge in [-0.05, 0) is 19.1 Å². The first kappa shape index (κ1) is 10.5. The molecular formula is C11H11BrO3. The van der Waals surface area contributed by atoms with Gasteiger partial charge in [0.1, 0.15) is 17.8 Å². The average molecular weight is 271 g/mol. The molecule has 0 amide bonds. The summed E-state index contributed by atoms with van der Waals surface area (Å²) in [5, 5.41) is 0. The molecule has 0 fully saturated rings. The first-order valence-corrected chi connectivity index (χ1v) is 5.38. The van der Waals surface area contributed by atoms with E-state index in [0.717, 1.165) is 15.8 Å². The van der Waals surface area contributed by atoms with Crippen LogP contribution >= 0.6 is 15.9 Å². The molecule has 80 valence electrons. The van der Waals surface area contributed by atoms with Crippen molar-refractivity contribution in [3.05, 3.63) is 28.2 Å². The highest BCUT2D eigenvalue weighted by atomic mass is 79.9. The van der Waals surface area contributed by atoms with Crippen LogP contribution in [-0.2, 0) is 14.9 Å². The monoisotopic (exact) mass is 270 g/mol. The predicted molar refractivity (Wildman–Crippen MR) is 59.0 cm³/mol. The second kappa shape index (κ2) is 3.52. The van der Waals surface area contributed by atoms with Gasteiger partial charge in [0.25, 0.3) is 0 Å². The summed E-state index contributed by atoms with van der Waals surface area (Å²) in [7, 11) is 1.39. The molecule has 0 bridgehead atoms. The maximum Gasteiger partial charge on any atom is 0.319 e. The van der Waals surface area contributed by atoms with E-state index in [1.165, 1.54) is 7.11 Å². The maximum absolute atomic E-state index is 11.7. The Labute approximate surface area is 96.5 Å². The Morgan fingerprint density at radius 3 is 3.00 bits per heavy atom. The van der Waals surface area contributed by atoms with Gasteiger partial charge in [0, 0.05) is 10.0 Å². The quantitative estimate of drug-likeness (QED) is 0.735. The van der Waals surface area contributed by atoms with Gasteiger partial charge in [0.15, 0.2) is 0 Å². The predicted octanol–water partition coefficient (Wildman–Crippen LogP) is 2.27. The van der Waals surface area contributed by atoms with E-state index in [0.29, 0.717) is 6.61 Å². The number of ether oxygens (including phenoxy) is 2. The van der Waals surface area contributed by atoms with Gasteiger partial charge in [-0.2, -0.15) is 0 Å². The fourth-order valence-corrected chi connectivity index (χ4v) is 2.11. The van der Waals surface area contributed by atoms with Crippen LogP contribution in [0.3, 0.4) is 0 Å². The largest absolute Gasteiger partial charge is 0.492 e. The molecule has 0 saturated heterocycles. The van der Waals surface area contributed by atoms with Gasteiger partial charge in [0.05, 0.1) is 7.11 Å². The highest BCUT2D eigenvalue weighted by Gasteiger charge is 2.44. The zero-order valence-electron chi connectivity index (χ0n) is 8.54. The fourth-order valence-electron chi connectivity index (χ4n) is 1.77.